The first-order chi connectivity index (χ1) is 12.2. The molecule has 2 heterocycles. The third-order valence-corrected chi connectivity index (χ3v) is 5.59. The minimum absolute atomic E-state index is 0.290. The van der Waals surface area contributed by atoms with Gasteiger partial charge >= 0.3 is 0 Å². The first-order valence-corrected chi connectivity index (χ1v) is 9.66. The van der Waals surface area contributed by atoms with Crippen LogP contribution in [-0.2, 0) is 6.42 Å². The summed E-state index contributed by atoms with van der Waals surface area (Å²) < 4.78 is 0. The molecule has 3 rings (SSSR count). The summed E-state index contributed by atoms with van der Waals surface area (Å²) in [5.74, 6) is 1.30. The average molecular weight is 342 g/mol. The third kappa shape index (κ3) is 4.28. The Morgan fingerprint density at radius 2 is 2.16 bits per heavy atom. The van der Waals surface area contributed by atoms with Gasteiger partial charge in [-0.25, -0.2) is 9.97 Å². The molecular formula is C19H30N6. The lowest BCUT2D eigenvalue weighted by Crippen LogP contribution is -2.48. The van der Waals surface area contributed by atoms with Crippen LogP contribution in [0.25, 0.3) is 0 Å². The van der Waals surface area contributed by atoms with Crippen LogP contribution in [0.5, 0.6) is 0 Å². The standard InChI is InChI=1S/C19H30N6/c1-3-24(2)10-9-21-14-17-11-15-13-22-18(12-20)23-19(15)25(17)16-7-5-4-6-8-16/h13,16-17,21H,3-11,14H2,1-2H3. The van der Waals surface area contributed by atoms with Gasteiger partial charge in [0.05, 0.1) is 0 Å². The Balaban J connectivity index is 1.70. The normalized spacial score (nSPS) is 20.7. The largest absolute Gasteiger partial charge is 0.349 e. The fourth-order valence-corrected chi connectivity index (χ4v) is 4.04. The molecule has 0 bridgehead atoms. The summed E-state index contributed by atoms with van der Waals surface area (Å²) in [4.78, 5) is 13.6. The van der Waals surface area contributed by atoms with Gasteiger partial charge in [-0.1, -0.05) is 26.2 Å². The van der Waals surface area contributed by atoms with E-state index in [4.69, 9.17) is 5.26 Å². The molecule has 1 aliphatic carbocycles. The van der Waals surface area contributed by atoms with E-state index in [-0.39, 0.29) is 5.82 Å². The molecule has 1 atom stereocenters. The molecule has 6 nitrogen and oxygen atoms in total. The Kier molecular flexibility index (Phi) is 6.22. The van der Waals surface area contributed by atoms with Gasteiger partial charge in [0.25, 0.3) is 0 Å². The van der Waals surface area contributed by atoms with E-state index >= 15 is 0 Å². The van der Waals surface area contributed by atoms with Crippen molar-refractivity contribution in [1.29, 1.82) is 5.26 Å². The number of anilines is 1. The van der Waals surface area contributed by atoms with Crippen molar-refractivity contribution in [1.82, 2.24) is 20.2 Å². The number of nitrogens with one attached hydrogen (secondary N) is 1. The summed E-state index contributed by atoms with van der Waals surface area (Å²) in [6.07, 6.45) is 9.26. The third-order valence-electron chi connectivity index (χ3n) is 5.59. The van der Waals surface area contributed by atoms with Gasteiger partial charge in [-0.3, -0.25) is 0 Å². The quantitative estimate of drug-likeness (QED) is 0.764. The molecule has 2 aliphatic rings. The van der Waals surface area contributed by atoms with Crippen LogP contribution in [0.1, 0.15) is 50.4 Å². The zero-order chi connectivity index (χ0) is 17.6. The highest BCUT2D eigenvalue weighted by Gasteiger charge is 2.36. The number of likely N-dealkylation sites (N-methyl/N-ethyl adjacent to an activating group) is 1. The summed E-state index contributed by atoms with van der Waals surface area (Å²) in [7, 11) is 2.15. The molecule has 0 amide bonds. The Labute approximate surface area is 151 Å². The van der Waals surface area contributed by atoms with E-state index in [9.17, 15) is 0 Å². The van der Waals surface area contributed by atoms with Gasteiger partial charge in [-0.05, 0) is 32.9 Å². The Hall–Kier alpha value is -1.71. The van der Waals surface area contributed by atoms with Crippen LogP contribution in [0.15, 0.2) is 6.20 Å². The van der Waals surface area contributed by atoms with Crippen LogP contribution >= 0.6 is 0 Å². The van der Waals surface area contributed by atoms with Crippen molar-refractivity contribution < 1.29 is 0 Å². The highest BCUT2D eigenvalue weighted by Crippen LogP contribution is 2.36. The molecule has 1 unspecified atom stereocenters. The molecule has 25 heavy (non-hydrogen) atoms. The molecule has 1 aromatic heterocycles. The Morgan fingerprint density at radius 3 is 2.88 bits per heavy atom. The van der Waals surface area contributed by atoms with Gasteiger partial charge in [-0.15, -0.1) is 0 Å². The maximum absolute atomic E-state index is 9.17. The van der Waals surface area contributed by atoms with Gasteiger partial charge in [0.1, 0.15) is 11.9 Å². The molecule has 1 aliphatic heterocycles. The number of nitrogens with zero attached hydrogens (tertiary/aromatic N) is 5. The lowest BCUT2D eigenvalue weighted by atomic mass is 9.93. The number of rotatable bonds is 7. The van der Waals surface area contributed by atoms with Gasteiger partial charge in [0.2, 0.25) is 5.82 Å². The van der Waals surface area contributed by atoms with Crippen LogP contribution in [0.4, 0.5) is 5.82 Å². The fourth-order valence-electron chi connectivity index (χ4n) is 4.04. The van der Waals surface area contributed by atoms with Crippen LogP contribution in [0, 0.1) is 11.3 Å². The number of fused-ring (bicyclic) bond motifs is 1. The number of hydrogen-bond donors (Lipinski definition) is 1. The zero-order valence-corrected chi connectivity index (χ0v) is 15.5. The molecule has 0 aromatic carbocycles. The Bertz CT molecular complexity index is 604. The molecule has 1 fully saturated rings. The maximum atomic E-state index is 9.17. The van der Waals surface area contributed by atoms with Gasteiger partial charge < -0.3 is 15.1 Å². The second kappa shape index (κ2) is 8.59. The molecule has 6 heteroatoms. The topological polar surface area (TPSA) is 68.1 Å². The van der Waals surface area contributed by atoms with Crippen molar-refractivity contribution in [2.45, 2.75) is 57.5 Å². The van der Waals surface area contributed by atoms with Crippen molar-refractivity contribution >= 4 is 5.82 Å². The molecule has 0 saturated heterocycles. The van der Waals surface area contributed by atoms with Gasteiger partial charge in [-0.2, -0.15) is 5.26 Å². The molecule has 0 spiro atoms. The van der Waals surface area contributed by atoms with E-state index in [0.717, 1.165) is 38.4 Å². The molecular weight excluding hydrogens is 312 g/mol. The zero-order valence-electron chi connectivity index (χ0n) is 15.5. The van der Waals surface area contributed by atoms with Crippen molar-refractivity contribution in [3.8, 4) is 6.07 Å². The van der Waals surface area contributed by atoms with Crippen molar-refractivity contribution in [3.05, 3.63) is 17.6 Å². The van der Waals surface area contributed by atoms with Crippen LogP contribution in [-0.4, -0.2) is 60.2 Å². The second-order valence-corrected chi connectivity index (χ2v) is 7.31. The summed E-state index contributed by atoms with van der Waals surface area (Å²) in [5.41, 5.74) is 1.20. The second-order valence-electron chi connectivity index (χ2n) is 7.31. The highest BCUT2D eigenvalue weighted by atomic mass is 15.3. The highest BCUT2D eigenvalue weighted by molar-refractivity contribution is 5.55. The monoisotopic (exact) mass is 342 g/mol. The van der Waals surface area contributed by atoms with Crippen molar-refractivity contribution in [3.63, 3.8) is 0 Å². The summed E-state index contributed by atoms with van der Waals surface area (Å²) in [5, 5.41) is 12.8. The van der Waals surface area contributed by atoms with E-state index in [1.807, 2.05) is 6.20 Å². The smallest absolute Gasteiger partial charge is 0.234 e. The summed E-state index contributed by atoms with van der Waals surface area (Å²) in [6.45, 7) is 6.30. The van der Waals surface area contributed by atoms with E-state index < -0.39 is 0 Å². The van der Waals surface area contributed by atoms with E-state index in [2.05, 4.69) is 45.1 Å². The van der Waals surface area contributed by atoms with Crippen LogP contribution in [0.2, 0.25) is 0 Å². The molecule has 1 aromatic rings. The number of nitriles is 1. The molecule has 1 saturated carbocycles. The first-order valence-electron chi connectivity index (χ1n) is 9.66. The molecule has 0 radical (unpaired) electrons. The predicted octanol–water partition coefficient (Wildman–Crippen LogP) is 1.95. The summed E-state index contributed by atoms with van der Waals surface area (Å²) in [6, 6.07) is 3.08. The lowest BCUT2D eigenvalue weighted by Gasteiger charge is -2.37. The minimum atomic E-state index is 0.290. The fraction of sp³-hybridized carbons (Fsp3) is 0.737. The minimum Gasteiger partial charge on any atom is -0.349 e. The number of hydrogen-bond acceptors (Lipinski definition) is 6. The van der Waals surface area contributed by atoms with Gasteiger partial charge in [0.15, 0.2) is 0 Å². The SMILES string of the molecule is CCN(C)CCNCC1Cc2cnc(C#N)nc2N1C1CCCCC1. The lowest BCUT2D eigenvalue weighted by molar-refractivity contribution is 0.342. The first kappa shape index (κ1) is 18.1. The predicted molar refractivity (Wildman–Crippen MR) is 99.6 cm³/mol. The molecule has 1 N–H and O–H groups in total. The number of aromatic nitrogens is 2. The van der Waals surface area contributed by atoms with E-state index in [1.165, 1.54) is 37.7 Å². The average Bonchev–Trinajstić information content (AvgIpc) is 3.02. The van der Waals surface area contributed by atoms with Gasteiger partial charge in [0, 0.05) is 43.5 Å². The van der Waals surface area contributed by atoms with E-state index in [0.29, 0.717) is 12.1 Å². The van der Waals surface area contributed by atoms with Crippen LogP contribution < -0.4 is 10.2 Å². The maximum Gasteiger partial charge on any atom is 0.234 e. The van der Waals surface area contributed by atoms with E-state index in [1.54, 1.807) is 0 Å². The van der Waals surface area contributed by atoms with Crippen LogP contribution in [0.3, 0.4) is 0 Å². The van der Waals surface area contributed by atoms with Crippen molar-refractivity contribution in [2.24, 2.45) is 0 Å². The summed E-state index contributed by atoms with van der Waals surface area (Å²) >= 11 is 0. The van der Waals surface area contributed by atoms with Crippen molar-refractivity contribution in [2.75, 3.05) is 38.1 Å². The molecule has 136 valence electrons. The Morgan fingerprint density at radius 1 is 1.36 bits per heavy atom.